The van der Waals surface area contributed by atoms with Crippen molar-refractivity contribution in [3.63, 3.8) is 0 Å². The molecule has 0 saturated heterocycles. The third-order valence-electron chi connectivity index (χ3n) is 6.81. The number of rotatable bonds is 8. The maximum absolute atomic E-state index is 13.6. The maximum Gasteiger partial charge on any atom is 0.323 e. The van der Waals surface area contributed by atoms with Gasteiger partial charge < -0.3 is 29.9 Å². The largest absolute Gasteiger partial charge is 0.486 e. The summed E-state index contributed by atoms with van der Waals surface area (Å²) in [6.45, 7) is 6.89. The van der Waals surface area contributed by atoms with E-state index in [2.05, 4.69) is 15.8 Å². The molecule has 0 spiro atoms. The topological polar surface area (TPSA) is 154 Å². The van der Waals surface area contributed by atoms with Crippen LogP contribution in [0.3, 0.4) is 0 Å². The number of hydrogen-bond acceptors (Lipinski definition) is 9. The van der Waals surface area contributed by atoms with Crippen LogP contribution in [-0.2, 0) is 10.0 Å². The molecule has 4 rings (SSSR count). The first kappa shape index (κ1) is 29.5. The number of thiophene rings is 1. The van der Waals surface area contributed by atoms with E-state index < -0.39 is 28.2 Å². The molecule has 0 radical (unpaired) electrons. The van der Waals surface area contributed by atoms with Crippen molar-refractivity contribution in [3.05, 3.63) is 52.7 Å². The van der Waals surface area contributed by atoms with Gasteiger partial charge in [-0.05, 0) is 44.4 Å². The van der Waals surface area contributed by atoms with Crippen LogP contribution in [0.2, 0.25) is 0 Å². The Kier molecular flexibility index (Phi) is 8.83. The zero-order chi connectivity index (χ0) is 29.2. The van der Waals surface area contributed by atoms with E-state index in [-0.39, 0.29) is 52.7 Å². The van der Waals surface area contributed by atoms with E-state index in [0.29, 0.717) is 17.1 Å². The van der Waals surface area contributed by atoms with Gasteiger partial charge in [-0.3, -0.25) is 4.79 Å². The molecule has 3 N–H and O–H groups in total. The first-order valence-electron chi connectivity index (χ1n) is 12.7. The molecule has 0 fully saturated rings. The maximum atomic E-state index is 13.6. The fourth-order valence-electron chi connectivity index (χ4n) is 4.40. The summed E-state index contributed by atoms with van der Waals surface area (Å²) in [6.07, 6.45) is -0.700. The second-order valence-corrected chi connectivity index (χ2v) is 13.0. The first-order valence-corrected chi connectivity index (χ1v) is 15.0. The average Bonchev–Trinajstić information content (AvgIpc) is 3.57. The predicted molar refractivity (Wildman–Crippen MR) is 150 cm³/mol. The lowest BCUT2D eigenvalue weighted by Gasteiger charge is -2.38. The molecule has 1 aromatic carbocycles. The van der Waals surface area contributed by atoms with Crippen molar-refractivity contribution in [1.29, 1.82) is 0 Å². The van der Waals surface area contributed by atoms with Gasteiger partial charge in [-0.15, -0.1) is 11.3 Å². The summed E-state index contributed by atoms with van der Waals surface area (Å²) >= 11 is 1.12. The second kappa shape index (κ2) is 12.0. The SMILES string of the molecule is Cc1noc(C)c1NC(=O)Nc1cccc2c1O[C@H](CN(C)S(=O)(=O)c1cccs1)[C@H](C)CN([C@@H](C)CO)C2=O. The van der Waals surface area contributed by atoms with Gasteiger partial charge in [0, 0.05) is 19.5 Å². The van der Waals surface area contributed by atoms with E-state index in [1.165, 1.54) is 17.4 Å². The lowest BCUT2D eigenvalue weighted by molar-refractivity contribution is 0.0389. The van der Waals surface area contributed by atoms with Gasteiger partial charge in [0.1, 0.15) is 21.7 Å². The lowest BCUT2D eigenvalue weighted by Crippen LogP contribution is -2.50. The van der Waals surface area contributed by atoms with Gasteiger partial charge in [-0.2, -0.15) is 4.31 Å². The minimum atomic E-state index is -3.77. The highest BCUT2D eigenvalue weighted by atomic mass is 32.2. The lowest BCUT2D eigenvalue weighted by atomic mass is 9.99. The fraction of sp³-hybridized carbons (Fsp3) is 0.423. The number of likely N-dealkylation sites (N-methyl/N-ethyl adjacent to an activating group) is 1. The number of nitrogens with one attached hydrogen (secondary N) is 2. The minimum absolute atomic E-state index is 0.0179. The van der Waals surface area contributed by atoms with Crippen molar-refractivity contribution in [2.75, 3.05) is 37.4 Å². The fourth-order valence-corrected chi connectivity index (χ4v) is 6.79. The van der Waals surface area contributed by atoms with Crippen molar-refractivity contribution in [2.45, 2.75) is 44.0 Å². The number of nitrogens with zero attached hydrogens (tertiary/aromatic N) is 3. The van der Waals surface area contributed by atoms with Crippen LogP contribution in [0.25, 0.3) is 0 Å². The van der Waals surface area contributed by atoms with Gasteiger partial charge in [0.25, 0.3) is 15.9 Å². The highest BCUT2D eigenvalue weighted by Crippen LogP contribution is 2.35. The molecule has 0 saturated carbocycles. The quantitative estimate of drug-likeness (QED) is 0.359. The average molecular weight is 592 g/mol. The first-order chi connectivity index (χ1) is 18.9. The molecule has 12 nitrogen and oxygen atoms in total. The second-order valence-electron chi connectivity index (χ2n) is 9.80. The summed E-state index contributed by atoms with van der Waals surface area (Å²) < 4.78 is 39.3. The number of aryl methyl sites for hydroxylation is 2. The van der Waals surface area contributed by atoms with Crippen LogP contribution in [-0.4, -0.2) is 78.7 Å². The third kappa shape index (κ3) is 5.99. The summed E-state index contributed by atoms with van der Waals surface area (Å²) in [5.74, 6) is -0.178. The number of carbonyl (C=O) groups is 2. The number of ether oxygens (including phenoxy) is 1. The Balaban J connectivity index is 1.70. The number of urea groups is 1. The summed E-state index contributed by atoms with van der Waals surface area (Å²) in [7, 11) is -2.29. The smallest absolute Gasteiger partial charge is 0.323 e. The minimum Gasteiger partial charge on any atom is -0.486 e. The molecule has 216 valence electrons. The molecule has 0 unspecified atom stereocenters. The number of anilines is 2. The Hall–Kier alpha value is -3.46. The van der Waals surface area contributed by atoms with E-state index in [1.54, 1.807) is 55.3 Å². The Labute approximate surface area is 237 Å². The van der Waals surface area contributed by atoms with Crippen LogP contribution < -0.4 is 15.4 Å². The molecule has 40 heavy (non-hydrogen) atoms. The molecule has 1 aliphatic heterocycles. The van der Waals surface area contributed by atoms with Crippen LogP contribution in [0.5, 0.6) is 5.75 Å². The highest BCUT2D eigenvalue weighted by Gasteiger charge is 2.36. The number of benzene rings is 1. The number of aromatic nitrogens is 1. The zero-order valence-electron chi connectivity index (χ0n) is 22.9. The Bertz CT molecular complexity index is 1450. The molecule has 3 amide bonds. The molecular weight excluding hydrogens is 558 g/mol. The number of fused-ring (bicyclic) bond motifs is 1. The number of hydrogen-bond donors (Lipinski definition) is 3. The van der Waals surface area contributed by atoms with Gasteiger partial charge in [-0.25, -0.2) is 13.2 Å². The van der Waals surface area contributed by atoms with Crippen LogP contribution in [0.1, 0.15) is 35.7 Å². The van der Waals surface area contributed by atoms with Gasteiger partial charge in [0.2, 0.25) is 0 Å². The summed E-state index contributed by atoms with van der Waals surface area (Å²) in [5.41, 5.74) is 1.31. The summed E-state index contributed by atoms with van der Waals surface area (Å²) in [5, 5.41) is 20.8. The van der Waals surface area contributed by atoms with Crippen molar-refractivity contribution in [1.82, 2.24) is 14.4 Å². The van der Waals surface area contributed by atoms with Crippen LogP contribution in [0.15, 0.2) is 44.4 Å². The Morgan fingerprint density at radius 2 is 2.02 bits per heavy atom. The van der Waals surface area contributed by atoms with E-state index in [9.17, 15) is 23.1 Å². The molecule has 3 aromatic rings. The molecule has 3 heterocycles. The third-order valence-corrected chi connectivity index (χ3v) is 10.0. The van der Waals surface area contributed by atoms with E-state index in [1.807, 2.05) is 6.92 Å². The predicted octanol–water partition coefficient (Wildman–Crippen LogP) is 3.54. The van der Waals surface area contributed by atoms with Crippen LogP contribution in [0, 0.1) is 19.8 Å². The molecule has 3 atom stereocenters. The summed E-state index contributed by atoms with van der Waals surface area (Å²) in [6, 6.07) is 6.87. The standard InChI is InChI=1S/C26H33N5O7S2/c1-15-12-31(16(2)14-32)25(33)19-8-6-9-20(27-26(34)28-23-17(3)29-38-18(23)4)24(19)37-21(15)13-30(5)40(35,36)22-10-7-11-39-22/h6-11,15-16,21,32H,12-14H2,1-5H3,(H2,27,28,34)/t15-,16+,21-/m1/s1. The van der Waals surface area contributed by atoms with E-state index >= 15 is 0 Å². The number of carbonyl (C=O) groups excluding carboxylic acids is 2. The van der Waals surface area contributed by atoms with Crippen LogP contribution >= 0.6 is 11.3 Å². The number of para-hydroxylation sites is 1. The normalized spacial score (nSPS) is 18.5. The number of aliphatic hydroxyl groups excluding tert-OH is 1. The number of amides is 3. The van der Waals surface area contributed by atoms with E-state index in [4.69, 9.17) is 9.26 Å². The number of sulfonamides is 1. The van der Waals surface area contributed by atoms with Crippen LogP contribution in [0.4, 0.5) is 16.2 Å². The molecule has 1 aliphatic rings. The Morgan fingerprint density at radius 3 is 2.65 bits per heavy atom. The molecule has 2 aromatic heterocycles. The van der Waals surface area contributed by atoms with E-state index in [0.717, 1.165) is 11.3 Å². The monoisotopic (exact) mass is 591 g/mol. The van der Waals surface area contributed by atoms with Crippen molar-refractivity contribution in [2.24, 2.45) is 5.92 Å². The van der Waals surface area contributed by atoms with Crippen molar-refractivity contribution >= 4 is 44.7 Å². The van der Waals surface area contributed by atoms with Gasteiger partial charge in [0.05, 0.1) is 30.4 Å². The molecule has 0 bridgehead atoms. The van der Waals surface area contributed by atoms with Gasteiger partial charge in [0.15, 0.2) is 11.5 Å². The van der Waals surface area contributed by atoms with Crippen molar-refractivity contribution in [3.8, 4) is 5.75 Å². The molecule has 0 aliphatic carbocycles. The Morgan fingerprint density at radius 1 is 1.27 bits per heavy atom. The molecular formula is C26H33N5O7S2. The van der Waals surface area contributed by atoms with Gasteiger partial charge in [-0.1, -0.05) is 24.2 Å². The summed E-state index contributed by atoms with van der Waals surface area (Å²) in [4.78, 5) is 28.1. The van der Waals surface area contributed by atoms with Gasteiger partial charge >= 0.3 is 6.03 Å². The number of aliphatic hydroxyl groups is 1. The van der Waals surface area contributed by atoms with Crippen molar-refractivity contribution < 1.29 is 32.4 Å². The molecule has 14 heteroatoms. The zero-order valence-corrected chi connectivity index (χ0v) is 24.5. The highest BCUT2D eigenvalue weighted by molar-refractivity contribution is 7.91.